The molecule has 0 aliphatic carbocycles. The third kappa shape index (κ3) is 6.36. The van der Waals surface area contributed by atoms with Crippen molar-refractivity contribution in [3.63, 3.8) is 0 Å². The summed E-state index contributed by atoms with van der Waals surface area (Å²) in [5.41, 5.74) is 9.13. The molecule has 0 saturated carbocycles. The van der Waals surface area contributed by atoms with Gasteiger partial charge in [0.05, 0.1) is 22.1 Å². The maximum Gasteiger partial charge on any atom is 0.0746 e. The first-order valence-corrected chi connectivity index (χ1v) is 16.5. The van der Waals surface area contributed by atoms with Crippen molar-refractivity contribution in [3.8, 4) is 0 Å². The maximum absolute atomic E-state index is 4.79. The van der Waals surface area contributed by atoms with Crippen LogP contribution < -0.4 is 0 Å². The number of rotatable bonds is 11. The molecule has 8 rings (SSSR count). The summed E-state index contributed by atoms with van der Waals surface area (Å²) >= 11 is 0. The fraction of sp³-hybridized carbons (Fsp3) is 0.143. The zero-order chi connectivity index (χ0) is 32.1. The van der Waals surface area contributed by atoms with Crippen LogP contribution in [0, 0.1) is 0 Å². The first-order valence-electron chi connectivity index (χ1n) is 16.5. The number of pyridine rings is 4. The van der Waals surface area contributed by atoms with E-state index in [1.807, 2.05) is 49.1 Å². The molecule has 0 fully saturated rings. The van der Waals surface area contributed by atoms with Gasteiger partial charge in [-0.2, -0.15) is 0 Å². The Bertz CT molecular complexity index is 2000. The van der Waals surface area contributed by atoms with Crippen LogP contribution in [0.15, 0.2) is 146 Å². The lowest BCUT2D eigenvalue weighted by Crippen LogP contribution is -2.34. The normalized spacial score (nSPS) is 11.8. The van der Waals surface area contributed by atoms with Gasteiger partial charge in [0, 0.05) is 85.6 Å². The van der Waals surface area contributed by atoms with Gasteiger partial charge >= 0.3 is 0 Å². The van der Waals surface area contributed by atoms with Crippen LogP contribution in [0.5, 0.6) is 0 Å². The quantitative estimate of drug-likeness (QED) is 0.144. The molecule has 4 heterocycles. The van der Waals surface area contributed by atoms with Gasteiger partial charge in [0.15, 0.2) is 0 Å². The van der Waals surface area contributed by atoms with Gasteiger partial charge in [-0.05, 0) is 46.5 Å². The van der Waals surface area contributed by atoms with Crippen LogP contribution in [-0.4, -0.2) is 42.8 Å². The van der Waals surface area contributed by atoms with Crippen molar-refractivity contribution in [2.24, 2.45) is 0 Å². The summed E-state index contributed by atoms with van der Waals surface area (Å²) in [6.07, 6.45) is 7.57. The third-order valence-corrected chi connectivity index (χ3v) is 9.17. The average molecular weight is 625 g/mol. The molecule has 0 saturated heterocycles. The van der Waals surface area contributed by atoms with Gasteiger partial charge in [-0.25, -0.2) is 0 Å². The SMILES string of the molecule is c1cnc2c(CN(CCN(Cc3cccc4cccnc34)Cc3cccc4cccnc34)Cc3cccc4cccnc34)cccc2c1. The minimum Gasteiger partial charge on any atom is -0.293 e. The summed E-state index contributed by atoms with van der Waals surface area (Å²) in [6.45, 7) is 4.80. The zero-order valence-corrected chi connectivity index (χ0v) is 26.8. The van der Waals surface area contributed by atoms with E-state index in [-0.39, 0.29) is 0 Å². The van der Waals surface area contributed by atoms with Gasteiger partial charge in [0.2, 0.25) is 0 Å². The number of hydrogen-bond acceptors (Lipinski definition) is 6. The van der Waals surface area contributed by atoms with Gasteiger partial charge in [-0.15, -0.1) is 0 Å². The van der Waals surface area contributed by atoms with Crippen LogP contribution in [0.2, 0.25) is 0 Å². The monoisotopic (exact) mass is 624 g/mol. The molecule has 0 aliphatic rings. The highest BCUT2D eigenvalue weighted by atomic mass is 15.2. The molecular formula is C42H36N6. The lowest BCUT2D eigenvalue weighted by Gasteiger charge is -2.29. The number of nitrogens with zero attached hydrogens (tertiary/aromatic N) is 6. The fourth-order valence-electron chi connectivity index (χ4n) is 6.85. The van der Waals surface area contributed by atoms with Gasteiger partial charge in [0.1, 0.15) is 0 Å². The molecule has 0 atom stereocenters. The van der Waals surface area contributed by atoms with Crippen LogP contribution in [0.1, 0.15) is 22.3 Å². The van der Waals surface area contributed by atoms with Gasteiger partial charge in [0.25, 0.3) is 0 Å². The molecule has 0 N–H and O–H groups in total. The van der Waals surface area contributed by atoms with Gasteiger partial charge < -0.3 is 0 Å². The minimum absolute atomic E-state index is 0.775. The average Bonchev–Trinajstić information content (AvgIpc) is 3.14. The Morgan fingerprint density at radius 2 is 0.562 bits per heavy atom. The number of para-hydroxylation sites is 4. The smallest absolute Gasteiger partial charge is 0.0746 e. The molecule has 0 unspecified atom stereocenters. The van der Waals surface area contributed by atoms with Crippen LogP contribution in [-0.2, 0) is 26.2 Å². The second kappa shape index (κ2) is 13.7. The highest BCUT2D eigenvalue weighted by Gasteiger charge is 2.17. The molecule has 6 heteroatoms. The van der Waals surface area contributed by atoms with E-state index < -0.39 is 0 Å². The number of benzene rings is 4. The van der Waals surface area contributed by atoms with Gasteiger partial charge in [-0.3, -0.25) is 29.7 Å². The van der Waals surface area contributed by atoms with E-state index in [1.165, 1.54) is 22.3 Å². The van der Waals surface area contributed by atoms with Crippen LogP contribution >= 0.6 is 0 Å². The molecule has 0 bridgehead atoms. The Morgan fingerprint density at radius 1 is 0.312 bits per heavy atom. The van der Waals surface area contributed by atoms with Crippen molar-refractivity contribution >= 4 is 43.6 Å². The van der Waals surface area contributed by atoms with E-state index in [0.29, 0.717) is 0 Å². The van der Waals surface area contributed by atoms with Crippen LogP contribution in [0.4, 0.5) is 0 Å². The van der Waals surface area contributed by atoms with Crippen molar-refractivity contribution in [1.29, 1.82) is 0 Å². The Kier molecular flexibility index (Phi) is 8.48. The predicted octanol–water partition coefficient (Wildman–Crippen LogP) is 8.58. The van der Waals surface area contributed by atoms with Crippen molar-refractivity contribution in [1.82, 2.24) is 29.7 Å². The van der Waals surface area contributed by atoms with Crippen molar-refractivity contribution in [2.45, 2.75) is 26.2 Å². The topological polar surface area (TPSA) is 58.0 Å². The van der Waals surface area contributed by atoms with E-state index >= 15 is 0 Å². The van der Waals surface area contributed by atoms with Crippen molar-refractivity contribution < 1.29 is 0 Å². The summed E-state index contributed by atoms with van der Waals surface area (Å²) in [6, 6.07) is 42.6. The highest BCUT2D eigenvalue weighted by Crippen LogP contribution is 2.24. The molecule has 0 spiro atoms. The summed E-state index contributed by atoms with van der Waals surface area (Å²) < 4.78 is 0. The third-order valence-electron chi connectivity index (χ3n) is 9.17. The second-order valence-electron chi connectivity index (χ2n) is 12.4. The summed E-state index contributed by atoms with van der Waals surface area (Å²) in [5.74, 6) is 0. The fourth-order valence-corrected chi connectivity index (χ4v) is 6.85. The van der Waals surface area contributed by atoms with E-state index in [4.69, 9.17) is 19.9 Å². The molecule has 6 nitrogen and oxygen atoms in total. The van der Waals surface area contributed by atoms with Gasteiger partial charge in [-0.1, -0.05) is 97.1 Å². The van der Waals surface area contributed by atoms with Crippen LogP contribution in [0.3, 0.4) is 0 Å². The molecule has 8 aromatic rings. The van der Waals surface area contributed by atoms with E-state index in [9.17, 15) is 0 Å². The maximum atomic E-state index is 4.79. The lowest BCUT2D eigenvalue weighted by atomic mass is 10.1. The molecule has 4 aromatic carbocycles. The molecule has 234 valence electrons. The Morgan fingerprint density at radius 3 is 0.833 bits per heavy atom. The Hall–Kier alpha value is -5.56. The van der Waals surface area contributed by atoms with E-state index in [2.05, 4.69) is 107 Å². The molecule has 4 aromatic heterocycles. The predicted molar refractivity (Wildman–Crippen MR) is 195 cm³/mol. The van der Waals surface area contributed by atoms with Crippen molar-refractivity contribution in [3.05, 3.63) is 168 Å². The summed E-state index contributed by atoms with van der Waals surface area (Å²) in [5, 5.41) is 4.65. The van der Waals surface area contributed by atoms with E-state index in [0.717, 1.165) is 82.9 Å². The molecule has 0 amide bonds. The lowest BCUT2D eigenvalue weighted by molar-refractivity contribution is 0.184. The Labute approximate surface area is 280 Å². The Balaban J connectivity index is 1.14. The standard InChI is InChI=1S/C42H36N6/c1-9-31-17-5-21-43-39(31)35(13-1)27-47(28-36-14-2-10-32-18-6-22-44-40(32)36)25-26-48(29-37-15-3-11-33-19-7-23-45-41(33)37)30-38-16-4-12-34-20-8-24-46-42(34)38/h1-24H,25-30H2. The molecule has 0 aliphatic heterocycles. The first-order chi connectivity index (χ1) is 23.8. The summed E-state index contributed by atoms with van der Waals surface area (Å²) in [4.78, 5) is 24.3. The number of hydrogen-bond donors (Lipinski definition) is 0. The van der Waals surface area contributed by atoms with Crippen molar-refractivity contribution in [2.75, 3.05) is 13.1 Å². The van der Waals surface area contributed by atoms with E-state index in [1.54, 1.807) is 0 Å². The molecule has 48 heavy (non-hydrogen) atoms. The minimum atomic E-state index is 0.775. The van der Waals surface area contributed by atoms with Crippen LogP contribution in [0.25, 0.3) is 43.6 Å². The number of aromatic nitrogens is 4. The number of fused-ring (bicyclic) bond motifs is 4. The largest absolute Gasteiger partial charge is 0.293 e. The zero-order valence-electron chi connectivity index (χ0n) is 26.8. The highest BCUT2D eigenvalue weighted by molar-refractivity contribution is 5.84. The summed E-state index contributed by atoms with van der Waals surface area (Å²) in [7, 11) is 0. The first kappa shape index (κ1) is 29.8. The second-order valence-corrected chi connectivity index (χ2v) is 12.4. The molecular weight excluding hydrogens is 589 g/mol. The molecule has 0 radical (unpaired) electrons.